The summed E-state index contributed by atoms with van der Waals surface area (Å²) < 4.78 is 0. The summed E-state index contributed by atoms with van der Waals surface area (Å²) >= 11 is 3.28. The number of allylic oxidation sites excluding steroid dienone is 1. The second-order valence-corrected chi connectivity index (χ2v) is 3.53. The summed E-state index contributed by atoms with van der Waals surface area (Å²) in [6.45, 7) is 1.82. The molecule has 0 aromatic heterocycles. The molecule has 0 bridgehead atoms. The summed E-state index contributed by atoms with van der Waals surface area (Å²) in [6, 6.07) is 5.27. The minimum atomic E-state index is -0.878. The lowest BCUT2D eigenvalue weighted by Gasteiger charge is -2.03. The molecular formula is C11H11BrO2. The van der Waals surface area contributed by atoms with Gasteiger partial charge in [0.05, 0.1) is 5.56 Å². The van der Waals surface area contributed by atoms with Crippen molar-refractivity contribution >= 4 is 28.0 Å². The largest absolute Gasteiger partial charge is 0.478 e. The smallest absolute Gasteiger partial charge is 0.335 e. The van der Waals surface area contributed by atoms with Gasteiger partial charge in [-0.3, -0.25) is 0 Å². The van der Waals surface area contributed by atoms with E-state index in [0.29, 0.717) is 5.56 Å². The number of aromatic carboxylic acids is 1. The van der Waals surface area contributed by atoms with E-state index in [2.05, 4.69) is 15.9 Å². The number of carbonyl (C=O) groups is 1. The lowest BCUT2D eigenvalue weighted by atomic mass is 10.0. The van der Waals surface area contributed by atoms with Gasteiger partial charge in [0.1, 0.15) is 0 Å². The van der Waals surface area contributed by atoms with E-state index < -0.39 is 5.97 Å². The van der Waals surface area contributed by atoms with Crippen molar-refractivity contribution in [2.24, 2.45) is 0 Å². The van der Waals surface area contributed by atoms with Crippen molar-refractivity contribution in [3.05, 3.63) is 41.0 Å². The second kappa shape index (κ2) is 4.96. The number of benzene rings is 1. The maximum atomic E-state index is 10.8. The molecule has 0 radical (unpaired) electrons. The van der Waals surface area contributed by atoms with Gasteiger partial charge < -0.3 is 5.11 Å². The van der Waals surface area contributed by atoms with Gasteiger partial charge in [0.25, 0.3) is 0 Å². The molecule has 0 saturated carbocycles. The molecule has 0 spiro atoms. The van der Waals surface area contributed by atoms with Crippen molar-refractivity contribution in [2.75, 3.05) is 5.33 Å². The van der Waals surface area contributed by atoms with Crippen LogP contribution in [-0.2, 0) is 0 Å². The van der Waals surface area contributed by atoms with E-state index in [-0.39, 0.29) is 0 Å². The SMILES string of the molecule is Cc1c(C=CCBr)cccc1C(=O)O. The third-order valence-electron chi connectivity index (χ3n) is 1.99. The first-order chi connectivity index (χ1) is 6.66. The third-order valence-corrected chi connectivity index (χ3v) is 2.37. The van der Waals surface area contributed by atoms with Crippen LogP contribution >= 0.6 is 15.9 Å². The fourth-order valence-electron chi connectivity index (χ4n) is 1.24. The van der Waals surface area contributed by atoms with E-state index >= 15 is 0 Å². The first-order valence-corrected chi connectivity index (χ1v) is 5.34. The molecule has 0 saturated heterocycles. The van der Waals surface area contributed by atoms with Gasteiger partial charge >= 0.3 is 5.97 Å². The number of carboxylic acids is 1. The van der Waals surface area contributed by atoms with E-state index in [4.69, 9.17) is 5.11 Å². The first-order valence-electron chi connectivity index (χ1n) is 4.22. The van der Waals surface area contributed by atoms with Gasteiger partial charge in [0.2, 0.25) is 0 Å². The van der Waals surface area contributed by atoms with E-state index in [1.807, 2.05) is 25.1 Å². The average molecular weight is 255 g/mol. The molecule has 0 amide bonds. The fraction of sp³-hybridized carbons (Fsp3) is 0.182. The van der Waals surface area contributed by atoms with E-state index in [1.165, 1.54) is 0 Å². The van der Waals surface area contributed by atoms with Crippen molar-refractivity contribution in [3.63, 3.8) is 0 Å². The summed E-state index contributed by atoms with van der Waals surface area (Å²) in [5.74, 6) is -0.878. The fourth-order valence-corrected chi connectivity index (χ4v) is 1.42. The Kier molecular flexibility index (Phi) is 3.89. The molecule has 1 rings (SSSR count). The maximum absolute atomic E-state index is 10.8. The quantitative estimate of drug-likeness (QED) is 0.842. The predicted molar refractivity (Wildman–Crippen MR) is 61.0 cm³/mol. The number of hydrogen-bond donors (Lipinski definition) is 1. The standard InChI is InChI=1S/C11H11BrO2/c1-8-9(5-3-7-12)4-2-6-10(8)11(13)14/h2-6H,7H2,1H3,(H,13,14). The monoisotopic (exact) mass is 254 g/mol. The molecular weight excluding hydrogens is 244 g/mol. The van der Waals surface area contributed by atoms with Crippen molar-refractivity contribution < 1.29 is 9.90 Å². The molecule has 0 fully saturated rings. The number of alkyl halides is 1. The van der Waals surface area contributed by atoms with Crippen molar-refractivity contribution in [1.29, 1.82) is 0 Å². The van der Waals surface area contributed by atoms with E-state index in [0.717, 1.165) is 16.5 Å². The molecule has 74 valence electrons. The zero-order valence-corrected chi connectivity index (χ0v) is 9.41. The molecule has 1 aromatic carbocycles. The van der Waals surface area contributed by atoms with Crippen LogP contribution < -0.4 is 0 Å². The molecule has 2 nitrogen and oxygen atoms in total. The highest BCUT2D eigenvalue weighted by molar-refractivity contribution is 9.09. The Bertz CT molecular complexity index is 370. The Labute approximate surface area is 91.4 Å². The van der Waals surface area contributed by atoms with Crippen LogP contribution in [0.15, 0.2) is 24.3 Å². The number of hydrogen-bond acceptors (Lipinski definition) is 1. The highest BCUT2D eigenvalue weighted by atomic mass is 79.9. The minimum Gasteiger partial charge on any atom is -0.478 e. The molecule has 0 aliphatic heterocycles. The first kappa shape index (κ1) is 11.0. The Hall–Kier alpha value is -1.09. The van der Waals surface area contributed by atoms with Crippen LogP contribution in [-0.4, -0.2) is 16.4 Å². The zero-order valence-electron chi connectivity index (χ0n) is 7.83. The van der Waals surface area contributed by atoms with Gasteiger partial charge in [-0.05, 0) is 24.1 Å². The van der Waals surface area contributed by atoms with Crippen molar-refractivity contribution in [2.45, 2.75) is 6.92 Å². The second-order valence-electron chi connectivity index (χ2n) is 2.88. The number of carboxylic acid groups (broad SMARTS) is 1. The Morgan fingerprint density at radius 1 is 1.57 bits per heavy atom. The number of rotatable bonds is 3. The predicted octanol–water partition coefficient (Wildman–Crippen LogP) is 3.10. The average Bonchev–Trinajstić information content (AvgIpc) is 2.16. The lowest BCUT2D eigenvalue weighted by molar-refractivity contribution is 0.0696. The zero-order chi connectivity index (χ0) is 10.6. The van der Waals surface area contributed by atoms with Gasteiger partial charge in [-0.1, -0.05) is 40.2 Å². The molecule has 1 aromatic rings. The molecule has 0 atom stereocenters. The van der Waals surface area contributed by atoms with Crippen LogP contribution in [0.1, 0.15) is 21.5 Å². The maximum Gasteiger partial charge on any atom is 0.335 e. The Morgan fingerprint density at radius 3 is 2.86 bits per heavy atom. The van der Waals surface area contributed by atoms with Gasteiger partial charge in [0.15, 0.2) is 0 Å². The van der Waals surface area contributed by atoms with Crippen LogP contribution in [0.2, 0.25) is 0 Å². The molecule has 14 heavy (non-hydrogen) atoms. The normalized spacial score (nSPS) is 10.7. The topological polar surface area (TPSA) is 37.3 Å². The summed E-state index contributed by atoms with van der Waals surface area (Å²) in [6.07, 6.45) is 3.85. The van der Waals surface area contributed by atoms with Crippen LogP contribution in [0, 0.1) is 6.92 Å². The van der Waals surface area contributed by atoms with Gasteiger partial charge in [-0.15, -0.1) is 0 Å². The molecule has 3 heteroatoms. The number of halogens is 1. The summed E-state index contributed by atoms with van der Waals surface area (Å²) in [4.78, 5) is 10.8. The van der Waals surface area contributed by atoms with Crippen molar-refractivity contribution in [3.8, 4) is 0 Å². The Balaban J connectivity index is 3.14. The molecule has 0 heterocycles. The van der Waals surface area contributed by atoms with Crippen LogP contribution in [0.25, 0.3) is 6.08 Å². The lowest BCUT2D eigenvalue weighted by Crippen LogP contribution is -2.00. The highest BCUT2D eigenvalue weighted by Gasteiger charge is 2.07. The molecule has 0 unspecified atom stereocenters. The van der Waals surface area contributed by atoms with E-state index in [9.17, 15) is 4.79 Å². The molecule has 0 aliphatic carbocycles. The van der Waals surface area contributed by atoms with Gasteiger partial charge in [0, 0.05) is 5.33 Å². The molecule has 1 N–H and O–H groups in total. The van der Waals surface area contributed by atoms with Gasteiger partial charge in [-0.2, -0.15) is 0 Å². The minimum absolute atomic E-state index is 0.363. The van der Waals surface area contributed by atoms with E-state index in [1.54, 1.807) is 12.1 Å². The van der Waals surface area contributed by atoms with Crippen LogP contribution in [0.5, 0.6) is 0 Å². The summed E-state index contributed by atoms with van der Waals surface area (Å²) in [5.41, 5.74) is 2.11. The highest BCUT2D eigenvalue weighted by Crippen LogP contribution is 2.15. The van der Waals surface area contributed by atoms with Crippen LogP contribution in [0.3, 0.4) is 0 Å². The third kappa shape index (κ3) is 2.45. The molecule has 0 aliphatic rings. The Morgan fingerprint density at radius 2 is 2.29 bits per heavy atom. The van der Waals surface area contributed by atoms with Crippen molar-refractivity contribution in [1.82, 2.24) is 0 Å². The summed E-state index contributed by atoms with van der Waals surface area (Å²) in [7, 11) is 0. The van der Waals surface area contributed by atoms with Crippen LogP contribution in [0.4, 0.5) is 0 Å². The summed E-state index contributed by atoms with van der Waals surface area (Å²) in [5, 5.41) is 9.65. The van der Waals surface area contributed by atoms with Gasteiger partial charge in [-0.25, -0.2) is 4.79 Å².